The van der Waals surface area contributed by atoms with E-state index in [9.17, 15) is 4.79 Å². The normalized spacial score (nSPS) is 10.3. The van der Waals surface area contributed by atoms with E-state index in [-0.39, 0.29) is 5.97 Å². The number of nitrogens with zero attached hydrogens (tertiary/aromatic N) is 1. The Kier molecular flexibility index (Phi) is 5.14. The van der Waals surface area contributed by atoms with E-state index in [4.69, 9.17) is 9.47 Å². The molecule has 0 atom stereocenters. The molecule has 0 N–H and O–H groups in total. The molecule has 106 valence electrons. The molecule has 6 heteroatoms. The van der Waals surface area contributed by atoms with Gasteiger partial charge in [-0.1, -0.05) is 23.5 Å². The topological polar surface area (TPSA) is 48.4 Å². The van der Waals surface area contributed by atoms with E-state index in [2.05, 4.69) is 20.9 Å². The number of aromatic nitrogens is 1. The fourth-order valence-corrected chi connectivity index (χ4v) is 3.12. The molecule has 0 unspecified atom stereocenters. The number of carbonyl (C=O) groups excluding carboxylic acids is 1. The Morgan fingerprint density at radius 3 is 2.75 bits per heavy atom. The lowest BCUT2D eigenvalue weighted by atomic mass is 10.1. The zero-order chi connectivity index (χ0) is 14.5. The first-order valence-electron chi connectivity index (χ1n) is 6.23. The van der Waals surface area contributed by atoms with Crippen LogP contribution >= 0.6 is 27.3 Å². The molecule has 0 aliphatic carbocycles. The number of thiazole rings is 1. The monoisotopic (exact) mass is 355 g/mol. The SMILES string of the molecule is CCOC(=O)c1sc(Br)nc1-c1ccccc1OCC. The van der Waals surface area contributed by atoms with Crippen LogP contribution in [0.2, 0.25) is 0 Å². The van der Waals surface area contributed by atoms with Crippen molar-refractivity contribution in [3.8, 4) is 17.0 Å². The maximum atomic E-state index is 12.0. The molecule has 0 fully saturated rings. The van der Waals surface area contributed by atoms with Crippen LogP contribution in [0.5, 0.6) is 5.75 Å². The van der Waals surface area contributed by atoms with E-state index in [0.717, 1.165) is 5.56 Å². The van der Waals surface area contributed by atoms with Gasteiger partial charge in [-0.3, -0.25) is 0 Å². The summed E-state index contributed by atoms with van der Waals surface area (Å²) in [6.45, 7) is 4.58. The number of esters is 1. The first-order chi connectivity index (χ1) is 9.67. The maximum absolute atomic E-state index is 12.0. The number of ether oxygens (including phenoxy) is 2. The molecule has 0 amide bonds. The van der Waals surface area contributed by atoms with Crippen LogP contribution in [-0.4, -0.2) is 24.2 Å². The first kappa shape index (κ1) is 15.0. The van der Waals surface area contributed by atoms with Gasteiger partial charge < -0.3 is 9.47 Å². The van der Waals surface area contributed by atoms with Gasteiger partial charge >= 0.3 is 5.97 Å². The van der Waals surface area contributed by atoms with Crippen LogP contribution < -0.4 is 4.74 Å². The third-order valence-corrected chi connectivity index (χ3v) is 3.99. The predicted octanol–water partition coefficient (Wildman–Crippen LogP) is 4.15. The van der Waals surface area contributed by atoms with Gasteiger partial charge in [-0.25, -0.2) is 9.78 Å². The Morgan fingerprint density at radius 1 is 1.30 bits per heavy atom. The van der Waals surface area contributed by atoms with Gasteiger partial charge in [0.05, 0.1) is 13.2 Å². The number of hydrogen-bond acceptors (Lipinski definition) is 5. The van der Waals surface area contributed by atoms with Gasteiger partial charge in [-0.05, 0) is 41.9 Å². The molecule has 4 nitrogen and oxygen atoms in total. The van der Waals surface area contributed by atoms with Crippen LogP contribution in [0.15, 0.2) is 28.2 Å². The third-order valence-electron chi connectivity index (χ3n) is 2.50. The van der Waals surface area contributed by atoms with Crippen LogP contribution in [0.4, 0.5) is 0 Å². The second-order valence-electron chi connectivity index (χ2n) is 3.79. The third kappa shape index (κ3) is 3.19. The summed E-state index contributed by atoms with van der Waals surface area (Å²) in [5, 5.41) is 0. The average molecular weight is 356 g/mol. The van der Waals surface area contributed by atoms with Gasteiger partial charge in [0.1, 0.15) is 16.3 Å². The van der Waals surface area contributed by atoms with Crippen molar-refractivity contribution in [3.05, 3.63) is 33.1 Å². The molecule has 20 heavy (non-hydrogen) atoms. The largest absolute Gasteiger partial charge is 0.493 e. The summed E-state index contributed by atoms with van der Waals surface area (Å²) >= 11 is 4.58. The quantitative estimate of drug-likeness (QED) is 0.756. The van der Waals surface area contributed by atoms with Crippen molar-refractivity contribution in [2.45, 2.75) is 13.8 Å². The lowest BCUT2D eigenvalue weighted by Gasteiger charge is -2.09. The molecule has 1 heterocycles. The van der Waals surface area contributed by atoms with Crippen LogP contribution in [0.3, 0.4) is 0 Å². The van der Waals surface area contributed by atoms with Crippen LogP contribution in [0.25, 0.3) is 11.3 Å². The Balaban J connectivity index is 2.50. The number of rotatable bonds is 5. The van der Waals surface area contributed by atoms with Gasteiger partial charge in [0.15, 0.2) is 3.92 Å². The van der Waals surface area contributed by atoms with Crippen molar-refractivity contribution in [1.82, 2.24) is 4.98 Å². The van der Waals surface area contributed by atoms with Crippen molar-refractivity contribution in [2.24, 2.45) is 0 Å². The molecule has 0 radical (unpaired) electrons. The molecule has 0 saturated heterocycles. The molecule has 2 rings (SSSR count). The molecule has 0 saturated carbocycles. The maximum Gasteiger partial charge on any atom is 0.350 e. The average Bonchev–Trinajstić information content (AvgIpc) is 2.82. The molecule has 0 bridgehead atoms. The zero-order valence-corrected chi connectivity index (χ0v) is 13.6. The van der Waals surface area contributed by atoms with E-state index in [1.807, 2.05) is 31.2 Å². The number of halogens is 1. The minimum absolute atomic E-state index is 0.334. The minimum atomic E-state index is -0.364. The van der Waals surface area contributed by atoms with E-state index in [1.54, 1.807) is 6.92 Å². The van der Waals surface area contributed by atoms with Crippen LogP contribution in [0.1, 0.15) is 23.5 Å². The highest BCUT2D eigenvalue weighted by atomic mass is 79.9. The minimum Gasteiger partial charge on any atom is -0.493 e. The molecule has 0 aliphatic heterocycles. The van der Waals surface area contributed by atoms with Crippen molar-refractivity contribution in [3.63, 3.8) is 0 Å². The highest BCUT2D eigenvalue weighted by molar-refractivity contribution is 9.11. The Bertz CT molecular complexity index is 612. The lowest BCUT2D eigenvalue weighted by molar-refractivity contribution is 0.0532. The highest BCUT2D eigenvalue weighted by Gasteiger charge is 2.22. The number of carbonyl (C=O) groups is 1. The van der Waals surface area contributed by atoms with E-state index >= 15 is 0 Å². The molecule has 0 aliphatic rings. The van der Waals surface area contributed by atoms with Crippen LogP contribution in [0, 0.1) is 0 Å². The van der Waals surface area contributed by atoms with Gasteiger partial charge in [-0.15, -0.1) is 0 Å². The summed E-state index contributed by atoms with van der Waals surface area (Å²) in [6, 6.07) is 7.52. The summed E-state index contributed by atoms with van der Waals surface area (Å²) in [5.41, 5.74) is 1.38. The number of hydrogen-bond donors (Lipinski definition) is 0. The number of benzene rings is 1. The van der Waals surface area contributed by atoms with Gasteiger partial charge in [0.2, 0.25) is 0 Å². The molecular formula is C14H14BrNO3S. The fourth-order valence-electron chi connectivity index (χ4n) is 1.76. The van der Waals surface area contributed by atoms with E-state index in [0.29, 0.717) is 33.5 Å². The molecule has 2 aromatic rings. The zero-order valence-electron chi connectivity index (χ0n) is 11.2. The lowest BCUT2D eigenvalue weighted by Crippen LogP contribution is -2.04. The van der Waals surface area contributed by atoms with E-state index < -0.39 is 0 Å². The van der Waals surface area contributed by atoms with E-state index in [1.165, 1.54) is 11.3 Å². The first-order valence-corrected chi connectivity index (χ1v) is 7.84. The smallest absolute Gasteiger partial charge is 0.350 e. The summed E-state index contributed by atoms with van der Waals surface area (Å²) in [7, 11) is 0. The predicted molar refractivity (Wildman–Crippen MR) is 82.4 cm³/mol. The van der Waals surface area contributed by atoms with Crippen molar-refractivity contribution in [1.29, 1.82) is 0 Å². The standard InChI is InChI=1S/C14H14BrNO3S/c1-3-18-10-8-6-5-7-9(10)11-12(13(17)19-4-2)20-14(15)16-11/h5-8H,3-4H2,1-2H3. The summed E-state index contributed by atoms with van der Waals surface area (Å²) in [4.78, 5) is 16.9. The molecule has 1 aromatic carbocycles. The van der Waals surface area contributed by atoms with Crippen LogP contribution in [-0.2, 0) is 4.74 Å². The molecular weight excluding hydrogens is 342 g/mol. The molecule has 1 aromatic heterocycles. The van der Waals surface area contributed by atoms with Gasteiger partial charge in [0.25, 0.3) is 0 Å². The van der Waals surface area contributed by atoms with Gasteiger partial charge in [-0.2, -0.15) is 0 Å². The van der Waals surface area contributed by atoms with Crippen molar-refractivity contribution >= 4 is 33.2 Å². The molecule has 0 spiro atoms. The highest BCUT2D eigenvalue weighted by Crippen LogP contribution is 2.36. The Hall–Kier alpha value is -1.40. The summed E-state index contributed by atoms with van der Waals surface area (Å²) < 4.78 is 11.3. The van der Waals surface area contributed by atoms with Gasteiger partial charge in [0, 0.05) is 5.56 Å². The second kappa shape index (κ2) is 6.85. The van der Waals surface area contributed by atoms with Crippen molar-refractivity contribution < 1.29 is 14.3 Å². The Labute approximate surface area is 129 Å². The Morgan fingerprint density at radius 2 is 2.05 bits per heavy atom. The fraction of sp³-hybridized carbons (Fsp3) is 0.286. The number of para-hydroxylation sites is 1. The second-order valence-corrected chi connectivity index (χ2v) is 6.07. The summed E-state index contributed by atoms with van der Waals surface area (Å²) in [6.07, 6.45) is 0. The van der Waals surface area contributed by atoms with Crippen molar-refractivity contribution in [2.75, 3.05) is 13.2 Å². The summed E-state index contributed by atoms with van der Waals surface area (Å²) in [5.74, 6) is 0.343.